The first-order valence-corrected chi connectivity index (χ1v) is 9.53. The number of ether oxygens (including phenoxy) is 1. The minimum Gasteiger partial charge on any atom is -0.444 e. The van der Waals surface area contributed by atoms with E-state index >= 15 is 0 Å². The van der Waals surface area contributed by atoms with Crippen molar-refractivity contribution in [1.29, 1.82) is 0 Å². The molecule has 1 aliphatic heterocycles. The normalized spacial score (nSPS) is 25.8. The highest BCUT2D eigenvalue weighted by Crippen LogP contribution is 2.56. The van der Waals surface area contributed by atoms with Crippen molar-refractivity contribution in [3.8, 4) is 0 Å². The van der Waals surface area contributed by atoms with Crippen molar-refractivity contribution in [2.75, 3.05) is 6.54 Å². The maximum atomic E-state index is 12.5. The topological polar surface area (TPSA) is 75.3 Å². The van der Waals surface area contributed by atoms with Crippen molar-refractivity contribution >= 4 is 43.6 Å². The summed E-state index contributed by atoms with van der Waals surface area (Å²) >= 11 is 4.76. The second-order valence-electron chi connectivity index (χ2n) is 7.45. The third kappa shape index (κ3) is 2.75. The maximum Gasteiger partial charge on any atom is 0.410 e. The number of thiophene rings is 1. The number of amides is 1. The smallest absolute Gasteiger partial charge is 0.410 e. The van der Waals surface area contributed by atoms with Gasteiger partial charge in [0.1, 0.15) is 16.1 Å². The lowest BCUT2D eigenvalue weighted by Gasteiger charge is -2.29. The molecule has 0 aromatic carbocycles. The lowest BCUT2D eigenvalue weighted by atomic mass is 10.1. The van der Waals surface area contributed by atoms with Crippen LogP contribution >= 0.6 is 27.3 Å². The Bertz CT molecular complexity index is 885. The van der Waals surface area contributed by atoms with Crippen molar-refractivity contribution in [3.63, 3.8) is 0 Å². The quantitative estimate of drug-likeness (QED) is 0.776. The summed E-state index contributed by atoms with van der Waals surface area (Å²) in [4.78, 5) is 34.1. The van der Waals surface area contributed by atoms with Crippen molar-refractivity contribution in [1.82, 2.24) is 14.9 Å². The van der Waals surface area contributed by atoms with Crippen LogP contribution in [0.2, 0.25) is 0 Å². The van der Waals surface area contributed by atoms with Crippen LogP contribution in [0.25, 0.3) is 10.2 Å². The second-order valence-corrected chi connectivity index (χ2v) is 9.88. The first-order chi connectivity index (χ1) is 11.2. The third-order valence-electron chi connectivity index (χ3n) is 4.43. The van der Waals surface area contributed by atoms with Crippen LogP contribution in [0.3, 0.4) is 0 Å². The lowest BCUT2D eigenvalue weighted by Crippen LogP contribution is -2.39. The number of fused-ring (bicyclic) bond motifs is 2. The number of hydrogen-bond donors (Lipinski definition) is 1. The zero-order valence-corrected chi connectivity index (χ0v) is 16.0. The summed E-state index contributed by atoms with van der Waals surface area (Å²) in [5.41, 5.74) is -0.0324. The van der Waals surface area contributed by atoms with Gasteiger partial charge >= 0.3 is 6.09 Å². The number of nitrogens with zero attached hydrogens (tertiary/aromatic N) is 2. The Morgan fingerprint density at radius 1 is 1.50 bits per heavy atom. The monoisotopic (exact) mass is 411 g/mol. The fraction of sp³-hybridized carbons (Fsp3) is 0.562. The van der Waals surface area contributed by atoms with E-state index < -0.39 is 5.60 Å². The van der Waals surface area contributed by atoms with E-state index in [4.69, 9.17) is 4.74 Å². The van der Waals surface area contributed by atoms with Gasteiger partial charge in [0.2, 0.25) is 0 Å². The molecule has 0 bridgehead atoms. The van der Waals surface area contributed by atoms with Gasteiger partial charge in [0.25, 0.3) is 5.56 Å². The zero-order valence-electron chi connectivity index (χ0n) is 13.6. The van der Waals surface area contributed by atoms with Crippen molar-refractivity contribution in [2.45, 2.75) is 38.8 Å². The Morgan fingerprint density at radius 3 is 2.96 bits per heavy atom. The fourth-order valence-corrected chi connectivity index (χ4v) is 4.81. The molecule has 0 unspecified atom stereocenters. The van der Waals surface area contributed by atoms with Gasteiger partial charge in [-0.3, -0.25) is 9.69 Å². The summed E-state index contributed by atoms with van der Waals surface area (Å²) < 4.78 is 6.99. The largest absolute Gasteiger partial charge is 0.444 e. The lowest BCUT2D eigenvalue weighted by molar-refractivity contribution is 0.0183. The van der Waals surface area contributed by atoms with Gasteiger partial charge in [0.05, 0.1) is 15.3 Å². The standard InChI is InChI=1S/C16H18BrN3O3S/c1-16(2,3)23-15(22)20-6-7-4-8(7)11(20)13-18-9-5-10(17)24-12(9)14(21)19-13/h5,7-8,11H,4,6H2,1-3H3,(H,18,19,21)/t7-,8-,11-/m0/s1. The molecule has 1 aliphatic carbocycles. The number of likely N-dealkylation sites (tertiary alicyclic amines) is 1. The molecule has 4 rings (SSSR count). The number of rotatable bonds is 1. The van der Waals surface area contributed by atoms with Gasteiger partial charge in [-0.1, -0.05) is 0 Å². The molecule has 0 radical (unpaired) electrons. The average molecular weight is 412 g/mol. The molecular formula is C16H18BrN3O3S. The van der Waals surface area contributed by atoms with E-state index in [1.807, 2.05) is 26.8 Å². The molecule has 1 saturated carbocycles. The summed E-state index contributed by atoms with van der Waals surface area (Å²) in [6.45, 7) is 6.22. The summed E-state index contributed by atoms with van der Waals surface area (Å²) in [7, 11) is 0. The summed E-state index contributed by atoms with van der Waals surface area (Å²) in [5.74, 6) is 1.41. The van der Waals surface area contributed by atoms with Crippen LogP contribution in [0.4, 0.5) is 4.79 Å². The third-order valence-corrected chi connectivity index (χ3v) is 6.06. The van der Waals surface area contributed by atoms with Crippen LogP contribution in [0.5, 0.6) is 0 Å². The minimum absolute atomic E-state index is 0.154. The molecule has 24 heavy (non-hydrogen) atoms. The first-order valence-electron chi connectivity index (χ1n) is 7.92. The number of piperidine rings is 1. The molecule has 2 aromatic heterocycles. The highest BCUT2D eigenvalue weighted by molar-refractivity contribution is 9.11. The summed E-state index contributed by atoms with van der Waals surface area (Å²) in [5, 5.41) is 0. The number of aromatic nitrogens is 2. The molecule has 2 aromatic rings. The van der Waals surface area contributed by atoms with Crippen LogP contribution in [0.15, 0.2) is 14.6 Å². The van der Waals surface area contributed by atoms with E-state index in [1.54, 1.807) is 4.90 Å². The van der Waals surface area contributed by atoms with E-state index in [-0.39, 0.29) is 17.7 Å². The Morgan fingerprint density at radius 2 is 2.25 bits per heavy atom. The molecule has 8 heteroatoms. The molecule has 128 valence electrons. The number of halogens is 1. The van der Waals surface area contributed by atoms with Gasteiger partial charge < -0.3 is 9.72 Å². The molecular weight excluding hydrogens is 394 g/mol. The van der Waals surface area contributed by atoms with E-state index in [1.165, 1.54) is 11.3 Å². The van der Waals surface area contributed by atoms with Crippen molar-refractivity contribution in [3.05, 3.63) is 26.0 Å². The van der Waals surface area contributed by atoms with Gasteiger partial charge in [0.15, 0.2) is 0 Å². The predicted molar refractivity (Wildman–Crippen MR) is 95.2 cm³/mol. The number of H-pyrrole nitrogens is 1. The maximum absolute atomic E-state index is 12.5. The first kappa shape index (κ1) is 16.1. The molecule has 2 fully saturated rings. The van der Waals surface area contributed by atoms with Crippen LogP contribution in [-0.2, 0) is 4.74 Å². The van der Waals surface area contributed by atoms with E-state index in [2.05, 4.69) is 25.9 Å². The number of nitrogens with one attached hydrogen (secondary N) is 1. The van der Waals surface area contributed by atoms with Crippen molar-refractivity contribution in [2.24, 2.45) is 11.8 Å². The average Bonchev–Trinajstić information content (AvgIpc) is 2.93. The molecule has 6 nitrogen and oxygen atoms in total. The van der Waals surface area contributed by atoms with Crippen LogP contribution < -0.4 is 5.56 Å². The Balaban J connectivity index is 1.71. The summed E-state index contributed by atoms with van der Waals surface area (Å²) in [6.07, 6.45) is 0.730. The Labute approximate surface area is 151 Å². The number of carbonyl (C=O) groups is 1. The van der Waals surface area contributed by atoms with Gasteiger partial charge in [-0.05, 0) is 61.0 Å². The summed E-state index contributed by atoms with van der Waals surface area (Å²) in [6, 6.07) is 1.64. The SMILES string of the molecule is CC(C)(C)OC(=O)N1C[C@@H]2C[C@@H]2[C@H]1c1nc2cc(Br)sc2c(=O)[nH]1. The highest BCUT2D eigenvalue weighted by atomic mass is 79.9. The van der Waals surface area contributed by atoms with Gasteiger partial charge in [-0.25, -0.2) is 9.78 Å². The van der Waals surface area contributed by atoms with Gasteiger partial charge in [0, 0.05) is 6.54 Å². The molecule has 3 heterocycles. The van der Waals surface area contributed by atoms with Crippen LogP contribution in [-0.4, -0.2) is 33.1 Å². The molecule has 1 saturated heterocycles. The van der Waals surface area contributed by atoms with E-state index in [9.17, 15) is 9.59 Å². The van der Waals surface area contributed by atoms with E-state index in [0.717, 1.165) is 10.2 Å². The fourth-order valence-electron chi connectivity index (χ4n) is 3.39. The Kier molecular flexibility index (Phi) is 3.55. The minimum atomic E-state index is -0.544. The number of aromatic amines is 1. The number of carbonyl (C=O) groups excluding carboxylic acids is 1. The molecule has 2 aliphatic rings. The van der Waals surface area contributed by atoms with E-state index in [0.29, 0.717) is 34.4 Å². The zero-order chi connectivity index (χ0) is 17.2. The molecule has 1 amide bonds. The van der Waals surface area contributed by atoms with Crippen LogP contribution in [0.1, 0.15) is 39.1 Å². The highest BCUT2D eigenvalue weighted by Gasteiger charge is 2.56. The molecule has 1 N–H and O–H groups in total. The molecule has 3 atom stereocenters. The van der Waals surface area contributed by atoms with Crippen LogP contribution in [0, 0.1) is 11.8 Å². The van der Waals surface area contributed by atoms with Gasteiger partial charge in [-0.2, -0.15) is 0 Å². The predicted octanol–water partition coefficient (Wildman–Crippen LogP) is 3.68. The Hall–Kier alpha value is -1.41. The van der Waals surface area contributed by atoms with Crippen molar-refractivity contribution < 1.29 is 9.53 Å². The second kappa shape index (κ2) is 5.29. The molecule has 0 spiro atoms. The van der Waals surface area contributed by atoms with Gasteiger partial charge in [-0.15, -0.1) is 11.3 Å². The number of hydrogen-bond acceptors (Lipinski definition) is 5.